The summed E-state index contributed by atoms with van der Waals surface area (Å²) < 4.78 is 28.3. The molecule has 0 unspecified atom stereocenters. The molecule has 1 fully saturated rings. The number of sulfonamides is 1. The van der Waals surface area contributed by atoms with Gasteiger partial charge in [0.25, 0.3) is 15.9 Å². The zero-order valence-corrected chi connectivity index (χ0v) is 14.2. The highest BCUT2D eigenvalue weighted by Gasteiger charge is 2.30. The molecular weight excluding hydrogens is 330 g/mol. The largest absolute Gasteiger partial charge is 0.339 e. The molecule has 9 heteroatoms. The monoisotopic (exact) mass is 349 g/mol. The summed E-state index contributed by atoms with van der Waals surface area (Å²) in [6.45, 7) is 1.45. The molecule has 0 atom stereocenters. The average Bonchev–Trinajstić information content (AvgIpc) is 2.88. The maximum atomic E-state index is 12.6. The molecular formula is C15H19N5O3S. The molecule has 0 aliphatic carbocycles. The second kappa shape index (κ2) is 6.70. The Morgan fingerprint density at radius 3 is 2.62 bits per heavy atom. The van der Waals surface area contributed by atoms with E-state index in [1.807, 2.05) is 0 Å². The van der Waals surface area contributed by atoms with Crippen molar-refractivity contribution in [2.75, 3.05) is 26.2 Å². The molecule has 1 aliphatic rings. The average molecular weight is 349 g/mol. The lowest BCUT2D eigenvalue weighted by Crippen LogP contribution is -2.37. The molecule has 24 heavy (non-hydrogen) atoms. The van der Waals surface area contributed by atoms with Crippen LogP contribution in [0.15, 0.2) is 41.9 Å². The van der Waals surface area contributed by atoms with E-state index in [4.69, 9.17) is 0 Å². The molecule has 0 spiro atoms. The first-order chi connectivity index (χ1) is 11.5. The second-order valence-electron chi connectivity index (χ2n) is 5.64. The molecule has 3 rings (SSSR count). The first-order valence-corrected chi connectivity index (χ1v) is 9.11. The maximum absolute atomic E-state index is 12.6. The Morgan fingerprint density at radius 1 is 1.12 bits per heavy atom. The number of imidazole rings is 1. The fraction of sp³-hybridized carbons (Fsp3) is 0.400. The van der Waals surface area contributed by atoms with Gasteiger partial charge in [0.1, 0.15) is 5.69 Å². The number of aryl methyl sites for hydroxylation is 1. The fourth-order valence-corrected chi connectivity index (χ4v) is 4.08. The zero-order chi connectivity index (χ0) is 17.2. The Bertz CT molecular complexity index is 819. The molecule has 1 saturated heterocycles. The molecule has 1 aliphatic heterocycles. The number of amides is 1. The van der Waals surface area contributed by atoms with Crippen molar-refractivity contribution in [3.05, 3.63) is 42.6 Å². The minimum absolute atomic E-state index is 0.0366. The van der Waals surface area contributed by atoms with Crippen LogP contribution in [-0.2, 0) is 17.1 Å². The molecule has 2 aromatic rings. The molecule has 0 radical (unpaired) electrons. The summed E-state index contributed by atoms with van der Waals surface area (Å²) in [6.07, 6.45) is 5.09. The van der Waals surface area contributed by atoms with E-state index in [2.05, 4.69) is 9.97 Å². The van der Waals surface area contributed by atoms with E-state index >= 15 is 0 Å². The Labute approximate surface area is 140 Å². The van der Waals surface area contributed by atoms with Crippen LogP contribution in [0.25, 0.3) is 0 Å². The van der Waals surface area contributed by atoms with Crippen LogP contribution in [-0.4, -0.2) is 64.2 Å². The molecule has 0 N–H and O–H groups in total. The highest BCUT2D eigenvalue weighted by molar-refractivity contribution is 7.89. The summed E-state index contributed by atoms with van der Waals surface area (Å²) in [4.78, 5) is 22.1. The van der Waals surface area contributed by atoms with Crippen LogP contribution in [0.2, 0.25) is 0 Å². The zero-order valence-electron chi connectivity index (χ0n) is 13.4. The van der Waals surface area contributed by atoms with Crippen LogP contribution in [0, 0.1) is 0 Å². The maximum Gasteiger partial charge on any atom is 0.272 e. The van der Waals surface area contributed by atoms with E-state index in [1.165, 1.54) is 16.8 Å². The summed E-state index contributed by atoms with van der Waals surface area (Å²) in [7, 11) is -1.91. The van der Waals surface area contributed by atoms with Crippen LogP contribution in [0.5, 0.6) is 0 Å². The van der Waals surface area contributed by atoms with Crippen molar-refractivity contribution in [2.45, 2.75) is 11.4 Å². The third-order valence-corrected chi connectivity index (χ3v) is 5.70. The van der Waals surface area contributed by atoms with Crippen LogP contribution in [0.3, 0.4) is 0 Å². The van der Waals surface area contributed by atoms with Crippen LogP contribution in [0.1, 0.15) is 16.9 Å². The molecule has 0 bridgehead atoms. The van der Waals surface area contributed by atoms with Gasteiger partial charge in [0.05, 0.1) is 6.33 Å². The van der Waals surface area contributed by atoms with Crippen LogP contribution in [0.4, 0.5) is 0 Å². The summed E-state index contributed by atoms with van der Waals surface area (Å²) >= 11 is 0. The number of rotatable bonds is 3. The van der Waals surface area contributed by atoms with Crippen molar-refractivity contribution in [2.24, 2.45) is 7.05 Å². The predicted molar refractivity (Wildman–Crippen MR) is 86.7 cm³/mol. The number of carbonyl (C=O) groups excluding carboxylic acids is 1. The predicted octanol–water partition coefficient (Wildman–Crippen LogP) is 0.352. The van der Waals surface area contributed by atoms with E-state index in [0.717, 1.165) is 0 Å². The molecule has 3 heterocycles. The van der Waals surface area contributed by atoms with Gasteiger partial charge in [-0.05, 0) is 18.6 Å². The SMILES string of the molecule is Cn1cnc(S(=O)(=O)N2CCCN(C(=O)c3ccccn3)CC2)c1. The van der Waals surface area contributed by atoms with Gasteiger partial charge in [0, 0.05) is 45.6 Å². The number of nitrogens with zero attached hydrogens (tertiary/aromatic N) is 5. The number of carbonyl (C=O) groups is 1. The lowest BCUT2D eigenvalue weighted by Gasteiger charge is -2.21. The topological polar surface area (TPSA) is 88.4 Å². The number of hydrogen-bond donors (Lipinski definition) is 0. The second-order valence-corrected chi connectivity index (χ2v) is 7.53. The Balaban J connectivity index is 1.72. The van der Waals surface area contributed by atoms with Gasteiger partial charge in [0.15, 0.2) is 5.03 Å². The molecule has 2 aromatic heterocycles. The number of aromatic nitrogens is 3. The van der Waals surface area contributed by atoms with E-state index < -0.39 is 10.0 Å². The van der Waals surface area contributed by atoms with Gasteiger partial charge in [-0.25, -0.2) is 13.4 Å². The minimum atomic E-state index is -3.63. The Morgan fingerprint density at radius 2 is 1.96 bits per heavy atom. The smallest absolute Gasteiger partial charge is 0.272 e. The van der Waals surface area contributed by atoms with Crippen LogP contribution >= 0.6 is 0 Å². The molecule has 8 nitrogen and oxygen atoms in total. The fourth-order valence-electron chi connectivity index (χ4n) is 2.64. The van der Waals surface area contributed by atoms with E-state index in [-0.39, 0.29) is 17.5 Å². The van der Waals surface area contributed by atoms with Gasteiger partial charge >= 0.3 is 0 Å². The Kier molecular flexibility index (Phi) is 4.63. The lowest BCUT2D eigenvalue weighted by atomic mass is 10.3. The molecule has 1 amide bonds. The Hall–Kier alpha value is -2.26. The van der Waals surface area contributed by atoms with Gasteiger partial charge in [-0.15, -0.1) is 0 Å². The van der Waals surface area contributed by atoms with Gasteiger partial charge in [-0.3, -0.25) is 9.78 Å². The first kappa shape index (κ1) is 16.6. The molecule has 128 valence electrons. The molecule has 0 saturated carbocycles. The van der Waals surface area contributed by atoms with Gasteiger partial charge in [-0.1, -0.05) is 6.07 Å². The summed E-state index contributed by atoms with van der Waals surface area (Å²) in [6, 6.07) is 5.17. The van der Waals surface area contributed by atoms with Crippen molar-refractivity contribution in [3.63, 3.8) is 0 Å². The standard InChI is InChI=1S/C15H19N5O3S/c1-18-11-14(17-12-18)24(22,23)20-8-4-7-19(9-10-20)15(21)13-5-2-3-6-16-13/h2-3,5-6,11-12H,4,7-10H2,1H3. The number of hydrogen-bond acceptors (Lipinski definition) is 5. The van der Waals surface area contributed by atoms with E-state index in [1.54, 1.807) is 40.9 Å². The van der Waals surface area contributed by atoms with Gasteiger partial charge in [-0.2, -0.15) is 4.31 Å². The van der Waals surface area contributed by atoms with E-state index in [9.17, 15) is 13.2 Å². The third-order valence-electron chi connectivity index (χ3n) is 3.91. The highest BCUT2D eigenvalue weighted by atomic mass is 32.2. The van der Waals surface area contributed by atoms with Gasteiger partial charge < -0.3 is 9.47 Å². The minimum Gasteiger partial charge on any atom is -0.339 e. The van der Waals surface area contributed by atoms with Crippen molar-refractivity contribution in [1.29, 1.82) is 0 Å². The molecule has 0 aromatic carbocycles. The van der Waals surface area contributed by atoms with Crippen molar-refractivity contribution in [1.82, 2.24) is 23.7 Å². The van der Waals surface area contributed by atoms with Gasteiger partial charge in [0.2, 0.25) is 0 Å². The lowest BCUT2D eigenvalue weighted by molar-refractivity contribution is 0.0758. The van der Waals surface area contributed by atoms with Crippen molar-refractivity contribution >= 4 is 15.9 Å². The summed E-state index contributed by atoms with van der Waals surface area (Å²) in [5, 5.41) is 0.0366. The van der Waals surface area contributed by atoms with Crippen LogP contribution < -0.4 is 0 Å². The van der Waals surface area contributed by atoms with Crippen molar-refractivity contribution in [3.8, 4) is 0 Å². The summed E-state index contributed by atoms with van der Waals surface area (Å²) in [5.41, 5.74) is 0.374. The van der Waals surface area contributed by atoms with E-state index in [0.29, 0.717) is 31.7 Å². The normalized spacial score (nSPS) is 16.8. The highest BCUT2D eigenvalue weighted by Crippen LogP contribution is 2.16. The first-order valence-electron chi connectivity index (χ1n) is 7.67. The number of pyridine rings is 1. The quantitative estimate of drug-likeness (QED) is 0.798. The summed E-state index contributed by atoms with van der Waals surface area (Å²) in [5.74, 6) is -0.173. The third kappa shape index (κ3) is 3.31. The van der Waals surface area contributed by atoms with Crippen molar-refractivity contribution < 1.29 is 13.2 Å².